The van der Waals surface area contributed by atoms with Gasteiger partial charge in [0.2, 0.25) is 15.9 Å². The van der Waals surface area contributed by atoms with E-state index in [9.17, 15) is 18.0 Å². The second-order valence-electron chi connectivity index (χ2n) is 5.32. The first-order valence-corrected chi connectivity index (χ1v) is 9.24. The van der Waals surface area contributed by atoms with Crippen molar-refractivity contribution in [3.63, 3.8) is 0 Å². The number of hydrogen-bond donors (Lipinski definition) is 2. The summed E-state index contributed by atoms with van der Waals surface area (Å²) in [6.45, 7) is 1.44. The number of carbonyl (C=O) groups is 2. The lowest BCUT2D eigenvalue weighted by molar-refractivity contribution is -0.142. The Morgan fingerprint density at radius 2 is 1.88 bits per heavy atom. The number of sulfonamides is 1. The Bertz CT molecular complexity index is 676. The van der Waals surface area contributed by atoms with Crippen molar-refractivity contribution >= 4 is 33.5 Å². The van der Waals surface area contributed by atoms with Gasteiger partial charge in [-0.25, -0.2) is 13.2 Å². The highest BCUT2D eigenvalue weighted by Gasteiger charge is 2.25. The molecule has 24 heavy (non-hydrogen) atoms. The van der Waals surface area contributed by atoms with Crippen LogP contribution in [-0.2, 0) is 19.6 Å². The number of amides is 1. The zero-order valence-electron chi connectivity index (χ0n) is 13.5. The lowest BCUT2D eigenvalue weighted by Gasteiger charge is -2.19. The Hall–Kier alpha value is -1.64. The van der Waals surface area contributed by atoms with Gasteiger partial charge in [-0.3, -0.25) is 4.79 Å². The van der Waals surface area contributed by atoms with Gasteiger partial charge in [0.1, 0.15) is 6.04 Å². The molecule has 0 unspecified atom stereocenters. The van der Waals surface area contributed by atoms with Crippen LogP contribution in [0.1, 0.15) is 26.2 Å². The van der Waals surface area contributed by atoms with Crippen molar-refractivity contribution in [1.29, 1.82) is 0 Å². The number of halogens is 1. The van der Waals surface area contributed by atoms with Gasteiger partial charge in [0.15, 0.2) is 0 Å². The smallest absolute Gasteiger partial charge is 0.326 e. The highest BCUT2D eigenvalue weighted by Crippen LogP contribution is 2.17. The number of hydrogen-bond acceptors (Lipinski definition) is 4. The Balaban J connectivity index is 2.74. The average molecular weight is 377 g/mol. The first kappa shape index (κ1) is 20.4. The number of nitrogens with zero attached hydrogens (tertiary/aromatic N) is 1. The topological polar surface area (TPSA) is 104 Å². The van der Waals surface area contributed by atoms with Gasteiger partial charge in [-0.05, 0) is 30.7 Å². The van der Waals surface area contributed by atoms with Crippen molar-refractivity contribution in [2.24, 2.45) is 0 Å². The maximum atomic E-state index is 12.4. The summed E-state index contributed by atoms with van der Waals surface area (Å²) in [6, 6.07) is 4.53. The van der Waals surface area contributed by atoms with Crippen LogP contribution in [0.3, 0.4) is 0 Å². The zero-order chi connectivity index (χ0) is 18.3. The van der Waals surface area contributed by atoms with Crippen molar-refractivity contribution in [2.75, 3.05) is 13.6 Å². The second-order valence-corrected chi connectivity index (χ2v) is 7.80. The minimum atomic E-state index is -3.86. The van der Waals surface area contributed by atoms with Crippen LogP contribution >= 0.6 is 11.6 Å². The van der Waals surface area contributed by atoms with E-state index in [1.54, 1.807) is 0 Å². The summed E-state index contributed by atoms with van der Waals surface area (Å²) >= 11 is 5.73. The van der Waals surface area contributed by atoms with Crippen LogP contribution in [0.15, 0.2) is 29.2 Å². The van der Waals surface area contributed by atoms with Crippen LogP contribution in [0.2, 0.25) is 5.02 Å². The molecule has 0 spiro atoms. The minimum absolute atomic E-state index is 0.00275. The molecule has 1 aromatic carbocycles. The summed E-state index contributed by atoms with van der Waals surface area (Å²) in [6.07, 6.45) is 1.74. The fourth-order valence-corrected chi connectivity index (χ4v) is 3.23. The van der Waals surface area contributed by atoms with Crippen LogP contribution in [0.5, 0.6) is 0 Å². The quantitative estimate of drug-likeness (QED) is 0.682. The fourth-order valence-electron chi connectivity index (χ4n) is 1.98. The SMILES string of the molecule is CCCC[C@H](NC(=O)CN(C)S(=O)(=O)c1ccc(Cl)cc1)C(=O)O. The number of benzene rings is 1. The molecule has 0 bridgehead atoms. The van der Waals surface area contributed by atoms with Gasteiger partial charge in [0.25, 0.3) is 0 Å². The monoisotopic (exact) mass is 376 g/mol. The van der Waals surface area contributed by atoms with E-state index in [4.69, 9.17) is 16.7 Å². The van der Waals surface area contributed by atoms with E-state index in [1.165, 1.54) is 31.3 Å². The first-order chi connectivity index (χ1) is 11.2. The Kier molecular flexibility index (Phi) is 7.65. The highest BCUT2D eigenvalue weighted by molar-refractivity contribution is 7.89. The first-order valence-electron chi connectivity index (χ1n) is 7.42. The predicted octanol–water partition coefficient (Wildman–Crippen LogP) is 1.72. The molecular weight excluding hydrogens is 356 g/mol. The van der Waals surface area contributed by atoms with Gasteiger partial charge < -0.3 is 10.4 Å². The third-order valence-electron chi connectivity index (χ3n) is 3.37. The molecule has 0 fully saturated rings. The van der Waals surface area contributed by atoms with Crippen LogP contribution in [-0.4, -0.2) is 49.3 Å². The number of likely N-dealkylation sites (N-methyl/N-ethyl adjacent to an activating group) is 1. The summed E-state index contributed by atoms with van der Waals surface area (Å²) in [7, 11) is -2.60. The van der Waals surface area contributed by atoms with E-state index in [1.807, 2.05) is 6.92 Å². The van der Waals surface area contributed by atoms with Crippen molar-refractivity contribution < 1.29 is 23.1 Å². The summed E-state index contributed by atoms with van der Waals surface area (Å²) in [4.78, 5) is 23.1. The standard InChI is InChI=1S/C15H21ClN2O5S/c1-3-4-5-13(15(20)21)17-14(19)10-18(2)24(22,23)12-8-6-11(16)7-9-12/h6-9,13H,3-5,10H2,1-2H3,(H,17,19)(H,20,21)/t13-/m0/s1. The number of aliphatic carboxylic acids is 1. The number of carbonyl (C=O) groups excluding carboxylic acids is 1. The predicted molar refractivity (Wildman–Crippen MR) is 90.4 cm³/mol. The molecule has 0 saturated heterocycles. The summed E-state index contributed by atoms with van der Waals surface area (Å²) in [5.74, 6) is -1.81. The van der Waals surface area contributed by atoms with Crippen molar-refractivity contribution in [3.05, 3.63) is 29.3 Å². The molecule has 0 aliphatic carbocycles. The lowest BCUT2D eigenvalue weighted by atomic mass is 10.1. The maximum Gasteiger partial charge on any atom is 0.326 e. The van der Waals surface area contributed by atoms with Gasteiger partial charge in [-0.1, -0.05) is 31.4 Å². The van der Waals surface area contributed by atoms with E-state index >= 15 is 0 Å². The van der Waals surface area contributed by atoms with E-state index < -0.39 is 34.5 Å². The van der Waals surface area contributed by atoms with E-state index in [0.29, 0.717) is 17.9 Å². The molecule has 1 aromatic rings. The van der Waals surface area contributed by atoms with Gasteiger partial charge in [0.05, 0.1) is 11.4 Å². The molecule has 0 saturated carbocycles. The Morgan fingerprint density at radius 1 is 1.29 bits per heavy atom. The molecule has 134 valence electrons. The van der Waals surface area contributed by atoms with Gasteiger partial charge in [-0.15, -0.1) is 0 Å². The lowest BCUT2D eigenvalue weighted by Crippen LogP contribution is -2.45. The third-order valence-corrected chi connectivity index (χ3v) is 5.44. The normalized spacial score (nSPS) is 12.8. The largest absolute Gasteiger partial charge is 0.480 e. The molecule has 2 N–H and O–H groups in total. The Morgan fingerprint density at radius 3 is 2.38 bits per heavy atom. The third kappa shape index (κ3) is 5.77. The summed E-state index contributed by atoms with van der Waals surface area (Å²) < 4.78 is 25.6. The molecule has 1 amide bonds. The number of carboxylic acid groups (broad SMARTS) is 1. The van der Waals surface area contributed by atoms with E-state index in [2.05, 4.69) is 5.32 Å². The molecule has 0 aliphatic rings. The molecule has 0 radical (unpaired) electrons. The molecule has 1 atom stereocenters. The second kappa shape index (κ2) is 9.00. The Labute approximate surface area is 146 Å². The minimum Gasteiger partial charge on any atom is -0.480 e. The van der Waals surface area contributed by atoms with Crippen LogP contribution in [0, 0.1) is 0 Å². The van der Waals surface area contributed by atoms with Crippen LogP contribution in [0.4, 0.5) is 0 Å². The molecule has 9 heteroatoms. The number of nitrogens with one attached hydrogen (secondary N) is 1. The fraction of sp³-hybridized carbons (Fsp3) is 0.467. The summed E-state index contributed by atoms with van der Waals surface area (Å²) in [5.41, 5.74) is 0. The van der Waals surface area contributed by atoms with Crippen molar-refractivity contribution in [1.82, 2.24) is 9.62 Å². The molecule has 1 rings (SSSR count). The van der Waals surface area contributed by atoms with Gasteiger partial charge >= 0.3 is 5.97 Å². The summed E-state index contributed by atoms with van der Waals surface area (Å²) in [5, 5.41) is 11.8. The average Bonchev–Trinajstić information content (AvgIpc) is 2.51. The van der Waals surface area contributed by atoms with Gasteiger partial charge in [-0.2, -0.15) is 4.31 Å². The number of unbranched alkanes of at least 4 members (excludes halogenated alkanes) is 1. The maximum absolute atomic E-state index is 12.4. The molecular formula is C15H21ClN2O5S. The van der Waals surface area contributed by atoms with Crippen LogP contribution < -0.4 is 5.32 Å². The highest BCUT2D eigenvalue weighted by atomic mass is 35.5. The molecule has 0 heterocycles. The van der Waals surface area contributed by atoms with E-state index in [-0.39, 0.29) is 4.90 Å². The van der Waals surface area contributed by atoms with Crippen LogP contribution in [0.25, 0.3) is 0 Å². The molecule has 0 aromatic heterocycles. The van der Waals surface area contributed by atoms with Crippen molar-refractivity contribution in [2.45, 2.75) is 37.1 Å². The van der Waals surface area contributed by atoms with Crippen molar-refractivity contribution in [3.8, 4) is 0 Å². The zero-order valence-corrected chi connectivity index (χ0v) is 15.1. The molecule has 7 nitrogen and oxygen atoms in total. The number of carboxylic acids is 1. The van der Waals surface area contributed by atoms with E-state index in [0.717, 1.165) is 10.7 Å². The molecule has 0 aliphatic heterocycles. The number of rotatable bonds is 9. The van der Waals surface area contributed by atoms with Gasteiger partial charge in [0, 0.05) is 12.1 Å².